The molecule has 0 aromatic heterocycles. The molecule has 0 saturated heterocycles. The van der Waals surface area contributed by atoms with E-state index in [0.717, 1.165) is 12.5 Å². The quantitative estimate of drug-likeness (QED) is 0.755. The van der Waals surface area contributed by atoms with Crippen molar-refractivity contribution in [2.75, 3.05) is 13.6 Å². The third-order valence-corrected chi connectivity index (χ3v) is 4.68. The molecule has 1 aliphatic rings. The van der Waals surface area contributed by atoms with E-state index in [1.54, 1.807) is 6.92 Å². The van der Waals surface area contributed by atoms with Gasteiger partial charge in [-0.1, -0.05) is 19.8 Å². The van der Waals surface area contributed by atoms with Crippen LogP contribution in [0.4, 0.5) is 0 Å². The standard InChI is InChI=1S/C16H32N2O2/c1-12(2)17-16(4,15(19)20)10-11-18(5)14-9-7-6-8-13(14)3/h12-14,17H,6-11H2,1-5H3,(H,19,20). The Balaban J connectivity index is 2.56. The summed E-state index contributed by atoms with van der Waals surface area (Å²) >= 11 is 0. The summed E-state index contributed by atoms with van der Waals surface area (Å²) in [6.07, 6.45) is 5.84. The maximum atomic E-state index is 11.5. The zero-order valence-electron chi connectivity index (χ0n) is 13.8. The molecule has 0 spiro atoms. The van der Waals surface area contributed by atoms with E-state index in [1.165, 1.54) is 25.7 Å². The molecule has 0 aliphatic heterocycles. The van der Waals surface area contributed by atoms with Crippen LogP contribution in [0, 0.1) is 5.92 Å². The van der Waals surface area contributed by atoms with Gasteiger partial charge in [-0.2, -0.15) is 0 Å². The van der Waals surface area contributed by atoms with E-state index in [1.807, 2.05) is 13.8 Å². The molecule has 1 aliphatic carbocycles. The van der Waals surface area contributed by atoms with E-state index in [2.05, 4.69) is 24.2 Å². The van der Waals surface area contributed by atoms with E-state index >= 15 is 0 Å². The maximum Gasteiger partial charge on any atom is 0.323 e. The van der Waals surface area contributed by atoms with Crippen LogP contribution in [-0.2, 0) is 4.79 Å². The zero-order chi connectivity index (χ0) is 15.3. The summed E-state index contributed by atoms with van der Waals surface area (Å²) in [5.74, 6) is -0.0285. The van der Waals surface area contributed by atoms with Crippen molar-refractivity contribution in [1.82, 2.24) is 10.2 Å². The Hall–Kier alpha value is -0.610. The Kier molecular flexibility index (Phi) is 6.46. The van der Waals surface area contributed by atoms with Crippen LogP contribution in [0.3, 0.4) is 0 Å². The fraction of sp³-hybridized carbons (Fsp3) is 0.938. The van der Waals surface area contributed by atoms with Crippen LogP contribution in [-0.4, -0.2) is 47.2 Å². The predicted octanol–water partition coefficient (Wildman–Crippen LogP) is 2.73. The second-order valence-corrected chi connectivity index (χ2v) is 7.00. The van der Waals surface area contributed by atoms with E-state index in [0.29, 0.717) is 12.5 Å². The van der Waals surface area contributed by atoms with Gasteiger partial charge in [-0.05, 0) is 53.0 Å². The molecule has 3 atom stereocenters. The molecule has 0 radical (unpaired) electrons. The van der Waals surface area contributed by atoms with Gasteiger partial charge < -0.3 is 10.0 Å². The molecule has 0 heterocycles. The van der Waals surface area contributed by atoms with Gasteiger partial charge in [-0.3, -0.25) is 10.1 Å². The minimum absolute atomic E-state index is 0.176. The number of nitrogens with one attached hydrogen (secondary N) is 1. The van der Waals surface area contributed by atoms with Gasteiger partial charge in [0.25, 0.3) is 0 Å². The van der Waals surface area contributed by atoms with Gasteiger partial charge in [-0.25, -0.2) is 0 Å². The van der Waals surface area contributed by atoms with Gasteiger partial charge in [0.1, 0.15) is 5.54 Å². The first-order valence-electron chi connectivity index (χ1n) is 7.97. The minimum atomic E-state index is -0.833. The van der Waals surface area contributed by atoms with Gasteiger partial charge in [0, 0.05) is 18.6 Å². The molecule has 3 unspecified atom stereocenters. The topological polar surface area (TPSA) is 52.6 Å². The van der Waals surface area contributed by atoms with Gasteiger partial charge in [0.15, 0.2) is 0 Å². The second kappa shape index (κ2) is 7.41. The summed E-state index contributed by atoms with van der Waals surface area (Å²) in [5, 5.41) is 12.7. The number of carboxylic acids is 1. The third kappa shape index (κ3) is 4.74. The van der Waals surface area contributed by atoms with Gasteiger partial charge in [0.2, 0.25) is 0 Å². The van der Waals surface area contributed by atoms with E-state index in [9.17, 15) is 9.90 Å². The number of aliphatic carboxylic acids is 1. The summed E-state index contributed by atoms with van der Waals surface area (Å²) in [7, 11) is 2.14. The SMILES string of the molecule is CC(C)NC(C)(CCN(C)C1CCCCC1C)C(=O)O. The molecule has 1 rings (SSSR count). The van der Waals surface area contributed by atoms with Crippen molar-refractivity contribution in [3.8, 4) is 0 Å². The highest BCUT2D eigenvalue weighted by Gasteiger charge is 2.34. The Bertz CT molecular complexity index is 320. The molecule has 4 nitrogen and oxygen atoms in total. The molecule has 1 saturated carbocycles. The first-order valence-corrected chi connectivity index (χ1v) is 7.97. The Labute approximate surface area is 123 Å². The summed E-state index contributed by atoms with van der Waals surface area (Å²) < 4.78 is 0. The van der Waals surface area contributed by atoms with E-state index in [-0.39, 0.29) is 6.04 Å². The summed E-state index contributed by atoms with van der Waals surface area (Å²) in [6, 6.07) is 0.788. The van der Waals surface area contributed by atoms with Crippen molar-refractivity contribution in [1.29, 1.82) is 0 Å². The number of nitrogens with zero attached hydrogens (tertiary/aromatic N) is 1. The molecule has 20 heavy (non-hydrogen) atoms. The highest BCUT2D eigenvalue weighted by molar-refractivity contribution is 5.78. The van der Waals surface area contributed by atoms with Crippen molar-refractivity contribution >= 4 is 5.97 Å². The predicted molar refractivity (Wildman–Crippen MR) is 83.0 cm³/mol. The lowest BCUT2D eigenvalue weighted by atomic mass is 9.84. The van der Waals surface area contributed by atoms with Crippen LogP contribution in [0.15, 0.2) is 0 Å². The fourth-order valence-corrected chi connectivity index (χ4v) is 3.40. The van der Waals surface area contributed by atoms with Crippen LogP contribution in [0.25, 0.3) is 0 Å². The molecular weight excluding hydrogens is 252 g/mol. The second-order valence-electron chi connectivity index (χ2n) is 7.00. The summed E-state index contributed by atoms with van der Waals surface area (Å²) in [4.78, 5) is 13.9. The van der Waals surface area contributed by atoms with E-state index < -0.39 is 11.5 Å². The Morgan fingerprint density at radius 1 is 1.40 bits per heavy atom. The molecule has 118 valence electrons. The van der Waals surface area contributed by atoms with Crippen molar-refractivity contribution in [3.05, 3.63) is 0 Å². The lowest BCUT2D eigenvalue weighted by Crippen LogP contribution is -2.54. The number of carboxylic acid groups (broad SMARTS) is 1. The highest BCUT2D eigenvalue weighted by Crippen LogP contribution is 2.28. The van der Waals surface area contributed by atoms with E-state index in [4.69, 9.17) is 0 Å². The van der Waals surface area contributed by atoms with Crippen LogP contribution in [0.1, 0.15) is 59.8 Å². The monoisotopic (exact) mass is 284 g/mol. The molecule has 0 aromatic rings. The average Bonchev–Trinajstić information content (AvgIpc) is 2.35. The average molecular weight is 284 g/mol. The Morgan fingerprint density at radius 3 is 2.50 bits per heavy atom. The van der Waals surface area contributed by atoms with Crippen molar-refractivity contribution in [2.45, 2.75) is 77.4 Å². The first-order chi connectivity index (χ1) is 9.26. The lowest BCUT2D eigenvalue weighted by molar-refractivity contribution is -0.145. The Morgan fingerprint density at radius 2 is 2.00 bits per heavy atom. The van der Waals surface area contributed by atoms with Crippen molar-refractivity contribution in [3.63, 3.8) is 0 Å². The van der Waals surface area contributed by atoms with Gasteiger partial charge in [0.05, 0.1) is 0 Å². The molecule has 0 bridgehead atoms. The third-order valence-electron chi connectivity index (χ3n) is 4.68. The highest BCUT2D eigenvalue weighted by atomic mass is 16.4. The normalized spacial score (nSPS) is 26.8. The molecule has 4 heteroatoms. The fourth-order valence-electron chi connectivity index (χ4n) is 3.40. The van der Waals surface area contributed by atoms with Crippen LogP contribution in [0.2, 0.25) is 0 Å². The van der Waals surface area contributed by atoms with Crippen LogP contribution in [0.5, 0.6) is 0 Å². The first kappa shape index (κ1) is 17.4. The summed E-state index contributed by atoms with van der Waals surface area (Å²) in [6.45, 7) is 8.94. The van der Waals surface area contributed by atoms with Gasteiger partial charge in [-0.15, -0.1) is 0 Å². The smallest absolute Gasteiger partial charge is 0.323 e. The number of carbonyl (C=O) groups is 1. The van der Waals surface area contributed by atoms with Crippen LogP contribution < -0.4 is 5.32 Å². The molecule has 0 amide bonds. The minimum Gasteiger partial charge on any atom is -0.480 e. The zero-order valence-corrected chi connectivity index (χ0v) is 13.8. The number of hydrogen-bond acceptors (Lipinski definition) is 3. The summed E-state index contributed by atoms with van der Waals surface area (Å²) in [5.41, 5.74) is -0.833. The van der Waals surface area contributed by atoms with Gasteiger partial charge >= 0.3 is 5.97 Å². The van der Waals surface area contributed by atoms with Crippen molar-refractivity contribution < 1.29 is 9.90 Å². The molecule has 1 fully saturated rings. The maximum absolute atomic E-state index is 11.5. The number of hydrogen-bond donors (Lipinski definition) is 2. The number of rotatable bonds is 7. The molecular formula is C16H32N2O2. The largest absolute Gasteiger partial charge is 0.480 e. The van der Waals surface area contributed by atoms with Crippen molar-refractivity contribution in [2.24, 2.45) is 5.92 Å². The molecule has 0 aromatic carbocycles. The molecule has 2 N–H and O–H groups in total. The van der Waals surface area contributed by atoms with Crippen LogP contribution >= 0.6 is 0 Å². The lowest BCUT2D eigenvalue weighted by Gasteiger charge is -2.38.